The fourth-order valence-electron chi connectivity index (χ4n) is 2.47. The first-order valence-electron chi connectivity index (χ1n) is 7.11. The number of amides is 1. The Morgan fingerprint density at radius 2 is 2.12 bits per heavy atom. The largest absolute Gasteiger partial charge is 0.383 e. The van der Waals surface area contributed by atoms with Crippen LogP contribution in [0.1, 0.15) is 17.5 Å². The van der Waals surface area contributed by atoms with Gasteiger partial charge in [0.1, 0.15) is 23.0 Å². The van der Waals surface area contributed by atoms with E-state index >= 15 is 0 Å². The molecule has 0 spiro atoms. The van der Waals surface area contributed by atoms with Crippen LogP contribution >= 0.6 is 11.8 Å². The Labute approximate surface area is 142 Å². The number of rotatable bonds is 3. The summed E-state index contributed by atoms with van der Waals surface area (Å²) in [5, 5.41) is 22.3. The van der Waals surface area contributed by atoms with Gasteiger partial charge in [0, 0.05) is 19.8 Å². The highest BCUT2D eigenvalue weighted by Crippen LogP contribution is 2.34. The number of carbonyl (C=O) groups excluding carboxylic acids is 1. The van der Waals surface area contributed by atoms with Crippen molar-refractivity contribution in [1.82, 2.24) is 14.8 Å². The second-order valence-corrected chi connectivity index (χ2v) is 6.45. The summed E-state index contributed by atoms with van der Waals surface area (Å²) in [5.74, 6) is 0.00943. The zero-order valence-corrected chi connectivity index (χ0v) is 13.6. The lowest BCUT2D eigenvalue weighted by molar-refractivity contribution is -0.116. The number of nitrogens with two attached hydrogens (primary N) is 1. The molecule has 2 aromatic rings. The monoisotopic (exact) mass is 339 g/mol. The van der Waals surface area contributed by atoms with Crippen LogP contribution < -0.4 is 10.6 Å². The van der Waals surface area contributed by atoms with E-state index in [4.69, 9.17) is 11.0 Å². The fourth-order valence-corrected chi connectivity index (χ4v) is 3.57. The van der Waals surface area contributed by atoms with Crippen molar-refractivity contribution in [3.8, 4) is 12.1 Å². The lowest BCUT2D eigenvalue weighted by atomic mass is 10.2. The van der Waals surface area contributed by atoms with Gasteiger partial charge < -0.3 is 10.6 Å². The van der Waals surface area contributed by atoms with Crippen LogP contribution in [-0.2, 0) is 11.8 Å². The quantitative estimate of drug-likeness (QED) is 0.885. The van der Waals surface area contributed by atoms with Gasteiger partial charge >= 0.3 is 0 Å². The highest BCUT2D eigenvalue weighted by atomic mass is 32.2. The smallest absolute Gasteiger partial charge is 0.240 e. The van der Waals surface area contributed by atoms with E-state index in [1.807, 2.05) is 12.1 Å². The lowest BCUT2D eigenvalue weighted by Crippen LogP contribution is -2.27. The van der Waals surface area contributed by atoms with E-state index < -0.39 is 0 Å². The van der Waals surface area contributed by atoms with Crippen molar-refractivity contribution in [2.75, 3.05) is 17.2 Å². The summed E-state index contributed by atoms with van der Waals surface area (Å²) >= 11 is 1.21. The molecular weight excluding hydrogens is 326 g/mol. The molecule has 1 saturated heterocycles. The molecule has 24 heavy (non-hydrogen) atoms. The first kappa shape index (κ1) is 15.8. The molecule has 8 nitrogen and oxygen atoms in total. The Morgan fingerprint density at radius 1 is 1.38 bits per heavy atom. The van der Waals surface area contributed by atoms with Crippen molar-refractivity contribution in [3.63, 3.8) is 0 Å². The standard InChI is InChI=1S/C15H13N7OS/c1-21-8-11(7-19-21)22-3-2-12(15(22)23)24-14-10(6-17)4-9(5-16)13(18)20-14/h4,7-8,12H,2-3H2,1H3,(H2,18,20)/t12-/m0/s1. The molecular formula is C15H13N7OS. The minimum Gasteiger partial charge on any atom is -0.383 e. The number of carbonyl (C=O) groups is 1. The minimum absolute atomic E-state index is 0.0541. The number of nitrogen functional groups attached to an aromatic ring is 1. The van der Waals surface area contributed by atoms with Crippen LogP contribution in [0.2, 0.25) is 0 Å². The van der Waals surface area contributed by atoms with E-state index in [0.717, 1.165) is 5.69 Å². The number of aryl methyl sites for hydroxylation is 1. The van der Waals surface area contributed by atoms with E-state index in [-0.39, 0.29) is 28.1 Å². The van der Waals surface area contributed by atoms with Gasteiger partial charge in [-0.2, -0.15) is 15.6 Å². The molecule has 0 aliphatic carbocycles. The fraction of sp³-hybridized carbons (Fsp3) is 0.267. The molecule has 0 unspecified atom stereocenters. The SMILES string of the molecule is Cn1cc(N2CC[C@H](Sc3nc(N)c(C#N)cc3C#N)C2=O)cn1. The Balaban J connectivity index is 1.83. The maximum absolute atomic E-state index is 12.6. The molecule has 1 aliphatic heterocycles. The van der Waals surface area contributed by atoms with Crippen molar-refractivity contribution < 1.29 is 4.79 Å². The summed E-state index contributed by atoms with van der Waals surface area (Å²) in [6.07, 6.45) is 4.05. The molecule has 1 aliphatic rings. The average Bonchev–Trinajstić information content (AvgIpc) is 3.14. The van der Waals surface area contributed by atoms with Crippen LogP contribution in [0.4, 0.5) is 11.5 Å². The van der Waals surface area contributed by atoms with Crippen LogP contribution in [0.5, 0.6) is 0 Å². The van der Waals surface area contributed by atoms with Crippen LogP contribution in [0.25, 0.3) is 0 Å². The van der Waals surface area contributed by atoms with Gasteiger partial charge in [-0.15, -0.1) is 0 Å². The predicted octanol–water partition coefficient (Wildman–Crippen LogP) is 1.04. The second kappa shape index (κ2) is 6.22. The van der Waals surface area contributed by atoms with E-state index in [9.17, 15) is 10.1 Å². The van der Waals surface area contributed by atoms with E-state index in [0.29, 0.717) is 18.0 Å². The summed E-state index contributed by atoms with van der Waals surface area (Å²) in [6, 6.07) is 5.31. The minimum atomic E-state index is -0.350. The Hall–Kier alpha value is -3.04. The summed E-state index contributed by atoms with van der Waals surface area (Å²) in [7, 11) is 1.79. The average molecular weight is 339 g/mol. The van der Waals surface area contributed by atoms with Crippen molar-refractivity contribution in [2.24, 2.45) is 7.05 Å². The maximum atomic E-state index is 12.6. The van der Waals surface area contributed by atoms with Gasteiger partial charge in [-0.3, -0.25) is 9.48 Å². The van der Waals surface area contributed by atoms with Gasteiger partial charge in [0.2, 0.25) is 5.91 Å². The lowest BCUT2D eigenvalue weighted by Gasteiger charge is -2.14. The summed E-state index contributed by atoms with van der Waals surface area (Å²) in [6.45, 7) is 0.579. The third-order valence-corrected chi connectivity index (χ3v) is 4.93. The molecule has 0 radical (unpaired) electrons. The Bertz CT molecular complexity index is 892. The molecule has 0 aromatic carbocycles. The van der Waals surface area contributed by atoms with Gasteiger partial charge in [0.05, 0.1) is 28.3 Å². The molecule has 0 bridgehead atoms. The number of pyridine rings is 1. The molecule has 1 fully saturated rings. The molecule has 120 valence electrons. The number of nitriles is 2. The second-order valence-electron chi connectivity index (χ2n) is 5.25. The highest BCUT2D eigenvalue weighted by Gasteiger charge is 2.34. The van der Waals surface area contributed by atoms with Crippen LogP contribution in [-0.4, -0.2) is 32.5 Å². The van der Waals surface area contributed by atoms with Gasteiger partial charge in [0.25, 0.3) is 0 Å². The van der Waals surface area contributed by atoms with Gasteiger partial charge in [0.15, 0.2) is 0 Å². The number of nitrogens with zero attached hydrogens (tertiary/aromatic N) is 6. The highest BCUT2D eigenvalue weighted by molar-refractivity contribution is 8.00. The van der Waals surface area contributed by atoms with Crippen LogP contribution in [0.15, 0.2) is 23.5 Å². The molecule has 1 atom stereocenters. The van der Waals surface area contributed by atoms with E-state index in [2.05, 4.69) is 10.1 Å². The third-order valence-electron chi connectivity index (χ3n) is 3.67. The number of anilines is 2. The van der Waals surface area contributed by atoms with Crippen molar-refractivity contribution in [3.05, 3.63) is 29.6 Å². The van der Waals surface area contributed by atoms with Crippen LogP contribution in [0.3, 0.4) is 0 Å². The van der Waals surface area contributed by atoms with Crippen LogP contribution in [0, 0.1) is 22.7 Å². The molecule has 0 saturated carbocycles. The zero-order valence-electron chi connectivity index (χ0n) is 12.8. The first-order chi connectivity index (χ1) is 11.5. The van der Waals surface area contributed by atoms with Gasteiger partial charge in [-0.25, -0.2) is 4.98 Å². The predicted molar refractivity (Wildman–Crippen MR) is 87.9 cm³/mol. The van der Waals surface area contributed by atoms with Gasteiger partial charge in [-0.05, 0) is 12.5 Å². The first-order valence-corrected chi connectivity index (χ1v) is 7.99. The summed E-state index contributed by atoms with van der Waals surface area (Å²) < 4.78 is 1.64. The van der Waals surface area contributed by atoms with E-state index in [1.54, 1.807) is 29.0 Å². The molecule has 2 N–H and O–H groups in total. The summed E-state index contributed by atoms with van der Waals surface area (Å²) in [4.78, 5) is 18.4. The number of hydrogen-bond donors (Lipinski definition) is 1. The molecule has 3 heterocycles. The molecule has 3 rings (SSSR count). The normalized spacial score (nSPS) is 16.9. The topological polar surface area (TPSA) is 125 Å². The van der Waals surface area contributed by atoms with Gasteiger partial charge in [-0.1, -0.05) is 11.8 Å². The molecule has 1 amide bonds. The zero-order chi connectivity index (χ0) is 17.3. The number of hydrogen-bond acceptors (Lipinski definition) is 7. The van der Waals surface area contributed by atoms with Crippen molar-refractivity contribution in [1.29, 1.82) is 10.5 Å². The molecule has 9 heteroatoms. The Kier molecular flexibility index (Phi) is 4.11. The van der Waals surface area contributed by atoms with E-state index in [1.165, 1.54) is 17.8 Å². The van der Waals surface area contributed by atoms with Crippen molar-refractivity contribution >= 4 is 29.2 Å². The molecule has 2 aromatic heterocycles. The Morgan fingerprint density at radius 3 is 2.75 bits per heavy atom. The third kappa shape index (κ3) is 2.77. The summed E-state index contributed by atoms with van der Waals surface area (Å²) in [5.41, 5.74) is 6.88. The maximum Gasteiger partial charge on any atom is 0.240 e. The number of aromatic nitrogens is 3. The number of thioether (sulfide) groups is 1. The van der Waals surface area contributed by atoms with Crippen molar-refractivity contribution in [2.45, 2.75) is 16.7 Å².